The lowest BCUT2D eigenvalue weighted by atomic mass is 10.1. The average Bonchev–Trinajstić information content (AvgIpc) is 2.17. The number of rotatable bonds is 3. The highest BCUT2D eigenvalue weighted by molar-refractivity contribution is 5.92. The Kier molecular flexibility index (Phi) is 2.94. The van der Waals surface area contributed by atoms with Crippen LogP contribution in [-0.2, 0) is 0 Å². The second kappa shape index (κ2) is 3.97. The van der Waals surface area contributed by atoms with Crippen LogP contribution < -0.4 is 17.2 Å². The molecule has 0 saturated heterocycles. The number of primary amides is 1. The number of nitrogens with zero attached hydrogens (tertiary/aromatic N) is 1. The zero-order chi connectivity index (χ0) is 9.84. The molecule has 0 radical (unpaired) electrons. The first-order chi connectivity index (χ1) is 6.15. The largest absolute Gasteiger partial charge is 0.366 e. The van der Waals surface area contributed by atoms with Crippen molar-refractivity contribution >= 4 is 5.91 Å². The minimum absolute atomic E-state index is 0.299. The first-order valence-electron chi connectivity index (χ1n) is 3.85. The van der Waals surface area contributed by atoms with Gasteiger partial charge in [0.05, 0.1) is 5.56 Å². The number of pyridine rings is 1. The summed E-state index contributed by atoms with van der Waals surface area (Å²) >= 11 is 0. The predicted molar refractivity (Wildman–Crippen MR) is 48.7 cm³/mol. The molecule has 1 rings (SSSR count). The number of nitrogens with two attached hydrogens (primary N) is 3. The number of hydrogen-bond acceptors (Lipinski definition) is 4. The maximum absolute atomic E-state index is 10.8. The van der Waals surface area contributed by atoms with E-state index in [1.807, 2.05) is 0 Å². The van der Waals surface area contributed by atoms with E-state index in [1.165, 1.54) is 6.20 Å². The number of carbonyl (C=O) groups excluding carboxylic acids is 1. The van der Waals surface area contributed by atoms with Gasteiger partial charge in [-0.2, -0.15) is 0 Å². The van der Waals surface area contributed by atoms with Crippen LogP contribution in [-0.4, -0.2) is 17.4 Å². The Hall–Kier alpha value is -1.46. The average molecular weight is 180 g/mol. The summed E-state index contributed by atoms with van der Waals surface area (Å²) in [6.07, 6.45) is 2.97. The number of aromatic nitrogens is 1. The highest BCUT2D eigenvalue weighted by atomic mass is 16.1. The Morgan fingerprint density at radius 2 is 2.23 bits per heavy atom. The smallest absolute Gasteiger partial charge is 0.250 e. The van der Waals surface area contributed by atoms with Crippen molar-refractivity contribution in [2.45, 2.75) is 6.04 Å². The van der Waals surface area contributed by atoms with Crippen molar-refractivity contribution in [2.75, 3.05) is 6.54 Å². The van der Waals surface area contributed by atoms with E-state index in [4.69, 9.17) is 17.2 Å². The molecular formula is C8H12N4O. The summed E-state index contributed by atoms with van der Waals surface area (Å²) in [5.41, 5.74) is 17.2. The molecule has 0 fully saturated rings. The Bertz CT molecular complexity index is 313. The van der Waals surface area contributed by atoms with E-state index in [-0.39, 0.29) is 6.04 Å². The van der Waals surface area contributed by atoms with Gasteiger partial charge in [0.25, 0.3) is 0 Å². The van der Waals surface area contributed by atoms with Crippen LogP contribution in [0.3, 0.4) is 0 Å². The zero-order valence-electron chi connectivity index (χ0n) is 7.10. The maximum atomic E-state index is 10.8. The zero-order valence-corrected chi connectivity index (χ0v) is 7.10. The molecule has 1 heterocycles. The lowest BCUT2D eigenvalue weighted by Crippen LogP contribution is -2.21. The molecule has 1 amide bonds. The number of hydrogen-bond donors (Lipinski definition) is 3. The van der Waals surface area contributed by atoms with Gasteiger partial charge in [0.1, 0.15) is 0 Å². The van der Waals surface area contributed by atoms with E-state index in [0.717, 1.165) is 5.56 Å². The van der Waals surface area contributed by atoms with Gasteiger partial charge < -0.3 is 17.2 Å². The molecule has 0 aromatic carbocycles. The molecule has 5 nitrogen and oxygen atoms in total. The van der Waals surface area contributed by atoms with Gasteiger partial charge in [-0.3, -0.25) is 9.78 Å². The molecule has 0 saturated carbocycles. The van der Waals surface area contributed by atoms with Crippen molar-refractivity contribution in [1.29, 1.82) is 0 Å². The lowest BCUT2D eigenvalue weighted by molar-refractivity contribution is 0.1000. The fraction of sp³-hybridized carbons (Fsp3) is 0.250. The lowest BCUT2D eigenvalue weighted by Gasteiger charge is -2.08. The number of carbonyl (C=O) groups is 1. The van der Waals surface area contributed by atoms with Crippen LogP contribution in [0.1, 0.15) is 22.0 Å². The molecule has 1 aromatic rings. The Morgan fingerprint density at radius 1 is 1.54 bits per heavy atom. The SMILES string of the molecule is NC[C@@H](N)c1cncc(C(N)=O)c1. The third-order valence-corrected chi connectivity index (χ3v) is 1.73. The summed E-state index contributed by atoms with van der Waals surface area (Å²) < 4.78 is 0. The van der Waals surface area contributed by atoms with Crippen LogP contribution in [0, 0.1) is 0 Å². The maximum Gasteiger partial charge on any atom is 0.250 e. The Labute approximate surface area is 75.9 Å². The molecule has 0 aliphatic carbocycles. The van der Waals surface area contributed by atoms with Crippen molar-refractivity contribution in [2.24, 2.45) is 17.2 Å². The third kappa shape index (κ3) is 2.24. The fourth-order valence-corrected chi connectivity index (χ4v) is 0.931. The van der Waals surface area contributed by atoms with Gasteiger partial charge >= 0.3 is 0 Å². The summed E-state index contributed by atoms with van der Waals surface area (Å²) in [6.45, 7) is 0.309. The molecule has 0 unspecified atom stereocenters. The van der Waals surface area contributed by atoms with Crippen LogP contribution in [0.15, 0.2) is 18.5 Å². The highest BCUT2D eigenvalue weighted by Gasteiger charge is 2.06. The number of amides is 1. The Balaban J connectivity index is 2.98. The van der Waals surface area contributed by atoms with E-state index in [1.54, 1.807) is 12.3 Å². The topological polar surface area (TPSA) is 108 Å². The first-order valence-corrected chi connectivity index (χ1v) is 3.85. The summed E-state index contributed by atoms with van der Waals surface area (Å²) in [6, 6.07) is 1.30. The molecule has 13 heavy (non-hydrogen) atoms. The molecule has 1 aromatic heterocycles. The quantitative estimate of drug-likeness (QED) is 0.562. The molecular weight excluding hydrogens is 168 g/mol. The fourth-order valence-electron chi connectivity index (χ4n) is 0.931. The van der Waals surface area contributed by atoms with E-state index >= 15 is 0 Å². The van der Waals surface area contributed by atoms with Crippen molar-refractivity contribution in [3.63, 3.8) is 0 Å². The minimum Gasteiger partial charge on any atom is -0.366 e. The van der Waals surface area contributed by atoms with E-state index < -0.39 is 5.91 Å². The van der Waals surface area contributed by atoms with Gasteiger partial charge in [0, 0.05) is 25.0 Å². The molecule has 0 aliphatic heterocycles. The van der Waals surface area contributed by atoms with Crippen LogP contribution in [0.5, 0.6) is 0 Å². The monoisotopic (exact) mass is 180 g/mol. The van der Waals surface area contributed by atoms with Crippen molar-refractivity contribution in [3.8, 4) is 0 Å². The molecule has 1 atom stereocenters. The summed E-state index contributed by atoms with van der Waals surface area (Å²) in [4.78, 5) is 14.6. The van der Waals surface area contributed by atoms with Gasteiger partial charge in [-0.15, -0.1) is 0 Å². The summed E-state index contributed by atoms with van der Waals surface area (Å²) in [7, 11) is 0. The van der Waals surface area contributed by atoms with Crippen LogP contribution in [0.25, 0.3) is 0 Å². The van der Waals surface area contributed by atoms with Crippen molar-refractivity contribution < 1.29 is 4.79 Å². The minimum atomic E-state index is -0.515. The van der Waals surface area contributed by atoms with E-state index in [2.05, 4.69) is 4.98 Å². The van der Waals surface area contributed by atoms with Gasteiger partial charge in [-0.05, 0) is 11.6 Å². The van der Waals surface area contributed by atoms with E-state index in [9.17, 15) is 4.79 Å². The van der Waals surface area contributed by atoms with Gasteiger partial charge in [-0.1, -0.05) is 0 Å². The normalized spacial score (nSPS) is 12.5. The van der Waals surface area contributed by atoms with E-state index in [0.29, 0.717) is 12.1 Å². The van der Waals surface area contributed by atoms with Crippen molar-refractivity contribution in [1.82, 2.24) is 4.98 Å². The van der Waals surface area contributed by atoms with Crippen molar-refractivity contribution in [3.05, 3.63) is 29.6 Å². The second-order valence-corrected chi connectivity index (χ2v) is 2.71. The first kappa shape index (κ1) is 9.63. The third-order valence-electron chi connectivity index (χ3n) is 1.73. The van der Waals surface area contributed by atoms with Crippen LogP contribution in [0.4, 0.5) is 0 Å². The van der Waals surface area contributed by atoms with Gasteiger partial charge in [-0.25, -0.2) is 0 Å². The molecule has 70 valence electrons. The molecule has 5 heteroatoms. The van der Waals surface area contributed by atoms with Gasteiger partial charge in [0.2, 0.25) is 5.91 Å². The Morgan fingerprint density at radius 3 is 2.77 bits per heavy atom. The molecule has 6 N–H and O–H groups in total. The molecule has 0 spiro atoms. The highest BCUT2D eigenvalue weighted by Crippen LogP contribution is 2.08. The molecule has 0 aliphatic rings. The second-order valence-electron chi connectivity index (χ2n) is 2.71. The predicted octanol–water partition coefficient (Wildman–Crippen LogP) is -0.861. The summed E-state index contributed by atoms with van der Waals surface area (Å²) in [5, 5.41) is 0. The standard InChI is InChI=1S/C8H12N4O/c9-2-7(10)5-1-6(8(11)13)4-12-3-5/h1,3-4,7H,2,9-10H2,(H2,11,13)/t7-/m1/s1. The summed E-state index contributed by atoms with van der Waals surface area (Å²) in [5.74, 6) is -0.515. The van der Waals surface area contributed by atoms with Crippen LogP contribution in [0.2, 0.25) is 0 Å². The molecule has 0 bridgehead atoms. The van der Waals surface area contributed by atoms with Crippen LogP contribution >= 0.6 is 0 Å². The van der Waals surface area contributed by atoms with Gasteiger partial charge in [0.15, 0.2) is 0 Å².